The van der Waals surface area contributed by atoms with Crippen LogP contribution < -0.4 is 5.32 Å². The van der Waals surface area contributed by atoms with Gasteiger partial charge in [0, 0.05) is 11.6 Å². The van der Waals surface area contributed by atoms with Gasteiger partial charge in [0.2, 0.25) is 0 Å². The Hall–Kier alpha value is -3.03. The van der Waals surface area contributed by atoms with E-state index in [-0.39, 0.29) is 11.2 Å². The summed E-state index contributed by atoms with van der Waals surface area (Å²) in [6.45, 7) is 0. The summed E-state index contributed by atoms with van der Waals surface area (Å²) in [5.74, 6) is -7.96. The Kier molecular flexibility index (Phi) is 4.35. The van der Waals surface area contributed by atoms with Crippen molar-refractivity contribution in [2.24, 2.45) is 0 Å². The third kappa shape index (κ3) is 3.10. The second-order valence-electron chi connectivity index (χ2n) is 5.45. The molecule has 3 aromatic rings. The minimum Gasteiger partial charge on any atom is -0.319 e. The molecule has 0 bridgehead atoms. The molecule has 8 heteroatoms. The monoisotopic (exact) mass is 366 g/mol. The molecule has 3 rings (SSSR count). The van der Waals surface area contributed by atoms with Gasteiger partial charge in [0.1, 0.15) is 0 Å². The van der Waals surface area contributed by atoms with E-state index in [9.17, 15) is 26.7 Å². The maximum atomic E-state index is 13.2. The van der Waals surface area contributed by atoms with E-state index in [1.807, 2.05) is 18.2 Å². The molecule has 0 fully saturated rings. The van der Waals surface area contributed by atoms with Crippen molar-refractivity contribution in [3.8, 4) is 11.1 Å². The van der Waals surface area contributed by atoms with Crippen molar-refractivity contribution in [2.45, 2.75) is 12.1 Å². The van der Waals surface area contributed by atoms with Crippen molar-refractivity contribution in [3.05, 3.63) is 60.8 Å². The molecule has 0 aliphatic heterocycles. The Bertz CT molecular complexity index is 955. The largest absolute Gasteiger partial charge is 0.463 e. The van der Waals surface area contributed by atoms with Crippen LogP contribution in [0.5, 0.6) is 0 Å². The molecule has 0 saturated heterocycles. The average Bonchev–Trinajstić information content (AvgIpc) is 2.61. The number of nitrogens with one attached hydrogen (secondary N) is 1. The van der Waals surface area contributed by atoms with E-state index in [1.54, 1.807) is 29.6 Å². The quantitative estimate of drug-likeness (QED) is 0.660. The van der Waals surface area contributed by atoms with Crippen LogP contribution in [0.25, 0.3) is 22.0 Å². The highest BCUT2D eigenvalue weighted by molar-refractivity contribution is 6.06. The van der Waals surface area contributed by atoms with E-state index in [2.05, 4.69) is 4.98 Å². The lowest BCUT2D eigenvalue weighted by molar-refractivity contribution is -0.267. The number of pyridine rings is 1. The van der Waals surface area contributed by atoms with Crippen LogP contribution in [-0.2, 0) is 4.79 Å². The number of rotatable bonds is 3. The number of carbonyl (C=O) groups excluding carboxylic acids is 1. The molecular formula is C18H11F5N2O. The van der Waals surface area contributed by atoms with Crippen LogP contribution >= 0.6 is 0 Å². The molecule has 2 aromatic carbocycles. The summed E-state index contributed by atoms with van der Waals surface area (Å²) in [5.41, 5.74) is 1.40. The molecule has 1 aromatic heterocycles. The molecule has 0 aliphatic rings. The van der Waals surface area contributed by atoms with Crippen LogP contribution in [0.4, 0.5) is 27.6 Å². The van der Waals surface area contributed by atoms with Crippen LogP contribution in [0.15, 0.2) is 60.8 Å². The Morgan fingerprint density at radius 3 is 2.23 bits per heavy atom. The Morgan fingerprint density at radius 2 is 1.58 bits per heavy atom. The molecule has 3 nitrogen and oxygen atoms in total. The second kappa shape index (κ2) is 6.36. The first-order valence-electron chi connectivity index (χ1n) is 7.41. The lowest BCUT2D eigenvalue weighted by Crippen LogP contribution is -2.47. The van der Waals surface area contributed by atoms with E-state index in [1.165, 1.54) is 18.3 Å². The molecule has 0 aliphatic carbocycles. The third-order valence-electron chi connectivity index (χ3n) is 3.75. The van der Waals surface area contributed by atoms with Gasteiger partial charge in [-0.25, -0.2) is 0 Å². The summed E-state index contributed by atoms with van der Waals surface area (Å²) in [6.07, 6.45) is -4.59. The van der Waals surface area contributed by atoms with Gasteiger partial charge in [-0.05, 0) is 23.3 Å². The number of amides is 1. The Balaban J connectivity index is 2.05. The summed E-state index contributed by atoms with van der Waals surface area (Å²) < 4.78 is 63.5. The number of nitrogens with zero attached hydrogens (tertiary/aromatic N) is 1. The van der Waals surface area contributed by atoms with Crippen molar-refractivity contribution < 1.29 is 26.7 Å². The predicted octanol–water partition coefficient (Wildman–Crippen LogP) is 5.04. The third-order valence-corrected chi connectivity index (χ3v) is 3.75. The average molecular weight is 366 g/mol. The lowest BCUT2D eigenvalue weighted by Gasteiger charge is -2.19. The molecule has 0 unspecified atom stereocenters. The van der Waals surface area contributed by atoms with Gasteiger partial charge in [-0.1, -0.05) is 42.5 Å². The van der Waals surface area contributed by atoms with Crippen LogP contribution in [0.1, 0.15) is 0 Å². The highest BCUT2D eigenvalue weighted by Crippen LogP contribution is 2.37. The fraction of sp³-hybridized carbons (Fsp3) is 0.111. The SMILES string of the molecule is O=C(Nc1cccc2c(-c3ccccc3)ccnc12)C(F)(F)C(F)(F)F. The van der Waals surface area contributed by atoms with Gasteiger partial charge < -0.3 is 5.32 Å². The summed E-state index contributed by atoms with van der Waals surface area (Å²) in [4.78, 5) is 15.5. The van der Waals surface area contributed by atoms with E-state index < -0.39 is 18.0 Å². The maximum Gasteiger partial charge on any atom is 0.463 e. The first-order valence-corrected chi connectivity index (χ1v) is 7.41. The number of alkyl halides is 5. The van der Waals surface area contributed by atoms with Crippen molar-refractivity contribution in [1.82, 2.24) is 4.98 Å². The van der Waals surface area contributed by atoms with Gasteiger partial charge in [-0.15, -0.1) is 0 Å². The molecule has 1 heterocycles. The standard InChI is InChI=1S/C18H11F5N2O/c19-17(20,18(21,22)23)16(26)25-14-8-4-7-13-12(9-10-24-15(13)14)11-5-2-1-3-6-11/h1-10H,(H,25,26). The fourth-order valence-electron chi connectivity index (χ4n) is 2.48. The molecule has 0 atom stereocenters. The highest BCUT2D eigenvalue weighted by atomic mass is 19.4. The summed E-state index contributed by atoms with van der Waals surface area (Å²) in [7, 11) is 0. The van der Waals surface area contributed by atoms with Crippen LogP contribution in [-0.4, -0.2) is 23.0 Å². The molecule has 0 radical (unpaired) electrons. The van der Waals surface area contributed by atoms with Gasteiger partial charge >= 0.3 is 18.0 Å². The number of halogens is 5. The first kappa shape index (κ1) is 17.8. The highest BCUT2D eigenvalue weighted by Gasteiger charge is 2.63. The van der Waals surface area contributed by atoms with Gasteiger partial charge in [-0.2, -0.15) is 22.0 Å². The number of hydrogen-bond acceptors (Lipinski definition) is 2. The zero-order valence-corrected chi connectivity index (χ0v) is 13.0. The van der Waals surface area contributed by atoms with E-state index in [0.717, 1.165) is 5.56 Å². The first-order chi connectivity index (χ1) is 12.2. The molecule has 1 N–H and O–H groups in total. The predicted molar refractivity (Wildman–Crippen MR) is 86.8 cm³/mol. The smallest absolute Gasteiger partial charge is 0.319 e. The van der Waals surface area contributed by atoms with Gasteiger partial charge in [0.25, 0.3) is 0 Å². The molecule has 0 spiro atoms. The molecule has 0 saturated carbocycles. The normalized spacial score (nSPS) is 12.2. The Morgan fingerprint density at radius 1 is 0.885 bits per heavy atom. The summed E-state index contributed by atoms with van der Waals surface area (Å²) in [6, 6.07) is 15.0. The fourth-order valence-corrected chi connectivity index (χ4v) is 2.48. The zero-order valence-electron chi connectivity index (χ0n) is 13.0. The number of hydrogen-bond donors (Lipinski definition) is 1. The number of carbonyl (C=O) groups is 1. The molecule has 134 valence electrons. The number of anilines is 1. The van der Waals surface area contributed by atoms with E-state index >= 15 is 0 Å². The van der Waals surface area contributed by atoms with Crippen LogP contribution in [0.2, 0.25) is 0 Å². The topological polar surface area (TPSA) is 42.0 Å². The minimum atomic E-state index is -5.98. The van der Waals surface area contributed by atoms with Gasteiger partial charge in [0.15, 0.2) is 0 Å². The molecule has 1 amide bonds. The van der Waals surface area contributed by atoms with Gasteiger partial charge in [-0.3, -0.25) is 9.78 Å². The molecular weight excluding hydrogens is 355 g/mol. The minimum absolute atomic E-state index is 0.111. The van der Waals surface area contributed by atoms with E-state index in [4.69, 9.17) is 0 Å². The van der Waals surface area contributed by atoms with Crippen LogP contribution in [0, 0.1) is 0 Å². The summed E-state index contributed by atoms with van der Waals surface area (Å²) >= 11 is 0. The van der Waals surface area contributed by atoms with Crippen molar-refractivity contribution in [1.29, 1.82) is 0 Å². The maximum absolute atomic E-state index is 13.2. The number of benzene rings is 2. The van der Waals surface area contributed by atoms with Crippen molar-refractivity contribution >= 4 is 22.5 Å². The zero-order chi connectivity index (χ0) is 18.9. The number of fused-ring (bicyclic) bond motifs is 1. The second-order valence-corrected chi connectivity index (χ2v) is 5.45. The van der Waals surface area contributed by atoms with Crippen molar-refractivity contribution in [3.63, 3.8) is 0 Å². The number of aromatic nitrogens is 1. The molecule has 26 heavy (non-hydrogen) atoms. The van der Waals surface area contributed by atoms with E-state index in [0.29, 0.717) is 10.9 Å². The number of para-hydroxylation sites is 1. The van der Waals surface area contributed by atoms with Crippen LogP contribution in [0.3, 0.4) is 0 Å². The van der Waals surface area contributed by atoms with Crippen molar-refractivity contribution in [2.75, 3.05) is 5.32 Å². The Labute approximate surface area is 144 Å². The van der Waals surface area contributed by atoms with Gasteiger partial charge in [0.05, 0.1) is 11.2 Å². The summed E-state index contributed by atoms with van der Waals surface area (Å²) in [5, 5.41) is 2.15. The lowest BCUT2D eigenvalue weighted by atomic mass is 10.0.